The average molecular weight is 477 g/mol. The molecule has 1 aromatic heterocycles. The lowest BCUT2D eigenvalue weighted by atomic mass is 10.1. The lowest BCUT2D eigenvalue weighted by molar-refractivity contribution is -0.119. The number of benzene rings is 2. The summed E-state index contributed by atoms with van der Waals surface area (Å²) in [5.74, 6) is -1.16. The molecule has 0 atom stereocenters. The number of unbranched alkanes of at least 4 members (excludes halogenated alkanes) is 1. The van der Waals surface area contributed by atoms with E-state index in [1.54, 1.807) is 6.07 Å². The highest BCUT2D eigenvalue weighted by Crippen LogP contribution is 2.27. The molecule has 2 heterocycles. The molecule has 1 aliphatic heterocycles. The Morgan fingerprint density at radius 1 is 1.03 bits per heavy atom. The summed E-state index contributed by atoms with van der Waals surface area (Å²) >= 11 is 1.29. The fourth-order valence-corrected chi connectivity index (χ4v) is 4.32. The number of fused-ring (bicyclic) bond motifs is 1. The molecule has 0 spiro atoms. The van der Waals surface area contributed by atoms with Crippen LogP contribution in [0.4, 0.5) is 5.13 Å². The Morgan fingerprint density at radius 2 is 1.76 bits per heavy atom. The van der Waals surface area contributed by atoms with Crippen LogP contribution in [-0.4, -0.2) is 40.1 Å². The van der Waals surface area contributed by atoms with Crippen LogP contribution in [-0.2, 0) is 11.3 Å². The van der Waals surface area contributed by atoms with Crippen LogP contribution in [0, 0.1) is 0 Å². The van der Waals surface area contributed by atoms with Crippen LogP contribution < -0.4 is 10.6 Å². The zero-order valence-corrected chi connectivity index (χ0v) is 19.7. The average Bonchev–Trinajstić information content (AvgIpc) is 3.39. The number of anilines is 1. The standard InChI is InChI=1S/C25H24N4O4S/c1-3-4-11-29-23(32)19-10-9-18(12-20(19)24(29)33)22(31)28-25-27-21(14-34-25)17-7-5-16(6-8-17)13-26-15(2)30/h5-10,12,14H,3-4,11,13H2,1-2H3,(H,26,30)(H,27,28,31). The molecule has 0 fully saturated rings. The van der Waals surface area contributed by atoms with Gasteiger partial charge in [-0.05, 0) is 30.2 Å². The molecular formula is C25H24N4O4S. The minimum Gasteiger partial charge on any atom is -0.352 e. The van der Waals surface area contributed by atoms with Crippen molar-refractivity contribution >= 4 is 40.1 Å². The van der Waals surface area contributed by atoms with Crippen molar-refractivity contribution in [3.8, 4) is 11.3 Å². The minimum absolute atomic E-state index is 0.0860. The third-order valence-electron chi connectivity index (χ3n) is 5.48. The fraction of sp³-hybridized carbons (Fsp3) is 0.240. The molecule has 174 valence electrons. The molecule has 2 aromatic carbocycles. The highest BCUT2D eigenvalue weighted by Gasteiger charge is 2.35. The number of aromatic nitrogens is 1. The van der Waals surface area contributed by atoms with Crippen molar-refractivity contribution in [2.45, 2.75) is 33.2 Å². The Bertz CT molecular complexity index is 1270. The summed E-state index contributed by atoms with van der Waals surface area (Å²) in [4.78, 5) is 54.7. The molecular weight excluding hydrogens is 452 g/mol. The Morgan fingerprint density at radius 3 is 2.47 bits per heavy atom. The summed E-state index contributed by atoms with van der Waals surface area (Å²) in [6, 6.07) is 12.2. The molecule has 1 aliphatic rings. The summed E-state index contributed by atoms with van der Waals surface area (Å²) in [5.41, 5.74) is 3.45. The third-order valence-corrected chi connectivity index (χ3v) is 6.24. The number of imide groups is 1. The maximum Gasteiger partial charge on any atom is 0.261 e. The number of nitrogens with one attached hydrogen (secondary N) is 2. The van der Waals surface area contributed by atoms with Gasteiger partial charge in [-0.25, -0.2) is 4.98 Å². The summed E-state index contributed by atoms with van der Waals surface area (Å²) < 4.78 is 0. The largest absolute Gasteiger partial charge is 0.352 e. The summed E-state index contributed by atoms with van der Waals surface area (Å²) in [5, 5.41) is 7.79. The Labute approximate surface area is 201 Å². The van der Waals surface area contributed by atoms with Crippen molar-refractivity contribution < 1.29 is 19.2 Å². The van der Waals surface area contributed by atoms with E-state index in [9.17, 15) is 19.2 Å². The van der Waals surface area contributed by atoms with Crippen LogP contribution >= 0.6 is 11.3 Å². The number of carbonyl (C=O) groups excluding carboxylic acids is 4. The van der Waals surface area contributed by atoms with Crippen molar-refractivity contribution in [2.75, 3.05) is 11.9 Å². The molecule has 0 saturated heterocycles. The van der Waals surface area contributed by atoms with Crippen molar-refractivity contribution in [2.24, 2.45) is 0 Å². The molecule has 0 bridgehead atoms. The highest BCUT2D eigenvalue weighted by atomic mass is 32.1. The lowest BCUT2D eigenvalue weighted by Crippen LogP contribution is -2.30. The predicted octanol–water partition coefficient (Wildman–Crippen LogP) is 4.09. The van der Waals surface area contributed by atoms with E-state index in [-0.39, 0.29) is 28.8 Å². The topological polar surface area (TPSA) is 108 Å². The first-order valence-electron chi connectivity index (χ1n) is 11.0. The van der Waals surface area contributed by atoms with Gasteiger partial charge in [0.1, 0.15) is 0 Å². The van der Waals surface area contributed by atoms with Gasteiger partial charge in [-0.1, -0.05) is 37.6 Å². The van der Waals surface area contributed by atoms with Crippen molar-refractivity contribution in [3.05, 3.63) is 70.1 Å². The number of hydrogen-bond acceptors (Lipinski definition) is 6. The number of hydrogen-bond donors (Lipinski definition) is 2. The molecule has 8 nitrogen and oxygen atoms in total. The molecule has 4 rings (SSSR count). The Hall–Kier alpha value is -3.85. The molecule has 0 unspecified atom stereocenters. The van der Waals surface area contributed by atoms with Crippen molar-refractivity contribution in [3.63, 3.8) is 0 Å². The first-order chi connectivity index (χ1) is 16.4. The Balaban J connectivity index is 1.44. The predicted molar refractivity (Wildman–Crippen MR) is 130 cm³/mol. The van der Waals surface area contributed by atoms with Gasteiger partial charge in [-0.15, -0.1) is 11.3 Å². The Kier molecular flexibility index (Phi) is 6.83. The van der Waals surface area contributed by atoms with Gasteiger partial charge in [-0.3, -0.25) is 29.4 Å². The van der Waals surface area contributed by atoms with Crippen molar-refractivity contribution in [1.82, 2.24) is 15.2 Å². The van der Waals surface area contributed by atoms with E-state index in [4.69, 9.17) is 0 Å². The van der Waals surface area contributed by atoms with Crippen LogP contribution in [0.2, 0.25) is 0 Å². The second-order valence-corrected chi connectivity index (χ2v) is 8.83. The molecule has 2 N–H and O–H groups in total. The van der Waals surface area contributed by atoms with Gasteiger partial charge >= 0.3 is 0 Å². The van der Waals surface area contributed by atoms with Crippen LogP contribution in [0.1, 0.15) is 63.3 Å². The smallest absolute Gasteiger partial charge is 0.261 e. The van der Waals surface area contributed by atoms with E-state index in [0.717, 1.165) is 24.0 Å². The number of carbonyl (C=O) groups is 4. The van der Waals surface area contributed by atoms with Crippen LogP contribution in [0.5, 0.6) is 0 Å². The molecule has 0 aliphatic carbocycles. The maximum atomic E-state index is 12.8. The number of amides is 4. The van der Waals surface area contributed by atoms with Gasteiger partial charge in [0.25, 0.3) is 17.7 Å². The van der Waals surface area contributed by atoms with Gasteiger partial charge in [0.05, 0.1) is 16.8 Å². The SMILES string of the molecule is CCCCN1C(=O)c2ccc(C(=O)Nc3nc(-c4ccc(CNC(C)=O)cc4)cs3)cc2C1=O. The van der Waals surface area contributed by atoms with Gasteiger partial charge in [-0.2, -0.15) is 0 Å². The number of rotatable bonds is 8. The quantitative estimate of drug-likeness (QED) is 0.476. The number of nitrogens with zero attached hydrogens (tertiary/aromatic N) is 2. The first kappa shape index (κ1) is 23.3. The first-order valence-corrected chi connectivity index (χ1v) is 11.9. The molecule has 0 saturated carbocycles. The molecule has 9 heteroatoms. The number of thiazole rings is 1. The van der Waals surface area contributed by atoms with Crippen LogP contribution in [0.3, 0.4) is 0 Å². The van der Waals surface area contributed by atoms with Gasteiger partial charge in [0, 0.05) is 36.5 Å². The monoisotopic (exact) mass is 476 g/mol. The molecule has 4 amide bonds. The third kappa shape index (κ3) is 4.89. The zero-order chi connectivity index (χ0) is 24.2. The van der Waals surface area contributed by atoms with E-state index in [1.807, 2.05) is 36.6 Å². The van der Waals surface area contributed by atoms with Crippen LogP contribution in [0.15, 0.2) is 47.8 Å². The van der Waals surface area contributed by atoms with E-state index in [0.29, 0.717) is 29.5 Å². The van der Waals surface area contributed by atoms with Gasteiger partial charge in [0.2, 0.25) is 5.91 Å². The summed E-state index contributed by atoms with van der Waals surface area (Å²) in [7, 11) is 0. The normalized spacial score (nSPS) is 12.6. The van der Waals surface area contributed by atoms with E-state index < -0.39 is 5.91 Å². The summed E-state index contributed by atoms with van der Waals surface area (Å²) in [6.07, 6.45) is 1.61. The second kappa shape index (κ2) is 9.96. The molecule has 34 heavy (non-hydrogen) atoms. The van der Waals surface area contributed by atoms with E-state index >= 15 is 0 Å². The second-order valence-electron chi connectivity index (χ2n) is 7.97. The van der Waals surface area contributed by atoms with E-state index in [1.165, 1.54) is 35.3 Å². The van der Waals surface area contributed by atoms with E-state index in [2.05, 4.69) is 15.6 Å². The lowest BCUT2D eigenvalue weighted by Gasteiger charge is -2.12. The van der Waals surface area contributed by atoms with Crippen LogP contribution in [0.25, 0.3) is 11.3 Å². The highest BCUT2D eigenvalue weighted by molar-refractivity contribution is 7.14. The minimum atomic E-state index is -0.401. The molecule has 3 aromatic rings. The van der Waals surface area contributed by atoms with Gasteiger partial charge in [0.15, 0.2) is 5.13 Å². The van der Waals surface area contributed by atoms with Crippen molar-refractivity contribution in [1.29, 1.82) is 0 Å². The maximum absolute atomic E-state index is 12.8. The zero-order valence-electron chi connectivity index (χ0n) is 18.9. The molecule has 0 radical (unpaired) electrons. The summed E-state index contributed by atoms with van der Waals surface area (Å²) in [6.45, 7) is 4.30. The van der Waals surface area contributed by atoms with Gasteiger partial charge < -0.3 is 5.32 Å². The fourth-order valence-electron chi connectivity index (χ4n) is 3.60.